The number of benzene rings is 1. The Labute approximate surface area is 205 Å². The molecule has 10 nitrogen and oxygen atoms in total. The smallest absolute Gasteiger partial charge is 0.248 e. The Kier molecular flexibility index (Phi) is 7.74. The quantitative estimate of drug-likeness (QED) is 0.321. The summed E-state index contributed by atoms with van der Waals surface area (Å²) < 4.78 is 6.79. The summed E-state index contributed by atoms with van der Waals surface area (Å²) >= 11 is 12.9. The van der Waals surface area contributed by atoms with Gasteiger partial charge in [0.2, 0.25) is 11.8 Å². The van der Waals surface area contributed by atoms with Gasteiger partial charge in [0.1, 0.15) is 13.2 Å². The van der Waals surface area contributed by atoms with Crippen molar-refractivity contribution in [3.63, 3.8) is 0 Å². The lowest BCUT2D eigenvalue weighted by Crippen LogP contribution is -2.37. The Balaban J connectivity index is 1.60. The first-order valence-corrected chi connectivity index (χ1v) is 11.7. The van der Waals surface area contributed by atoms with Crippen molar-refractivity contribution in [3.05, 3.63) is 39.6 Å². The minimum absolute atomic E-state index is 0.0470. The van der Waals surface area contributed by atoms with Crippen molar-refractivity contribution in [2.75, 3.05) is 39.5 Å². The predicted octanol–water partition coefficient (Wildman–Crippen LogP) is 1.31. The zero-order valence-corrected chi connectivity index (χ0v) is 20.0. The Bertz CT molecular complexity index is 1210. The lowest BCUT2D eigenvalue weighted by atomic mass is 9.99. The van der Waals surface area contributed by atoms with Gasteiger partial charge >= 0.3 is 0 Å². The lowest BCUT2D eigenvalue weighted by molar-refractivity contribution is -0.135. The highest BCUT2D eigenvalue weighted by molar-refractivity contribution is 6.45. The average molecular weight is 509 g/mol. The van der Waals surface area contributed by atoms with Gasteiger partial charge in [-0.2, -0.15) is 5.10 Å². The van der Waals surface area contributed by atoms with Crippen LogP contribution in [0.25, 0.3) is 22.2 Å². The van der Waals surface area contributed by atoms with E-state index in [4.69, 9.17) is 33.7 Å². The summed E-state index contributed by atoms with van der Waals surface area (Å²) in [4.78, 5) is 29.3. The van der Waals surface area contributed by atoms with E-state index in [9.17, 15) is 14.7 Å². The number of ether oxygens (including phenoxy) is 1. The number of carbonyl (C=O) groups excluding carboxylic acids is 2. The molecular weight excluding hydrogens is 483 g/mol. The van der Waals surface area contributed by atoms with Gasteiger partial charge in [-0.05, 0) is 12.1 Å². The van der Waals surface area contributed by atoms with Gasteiger partial charge in [0.25, 0.3) is 0 Å². The molecule has 2 amide bonds. The molecule has 12 heteroatoms. The monoisotopic (exact) mass is 508 g/mol. The lowest BCUT2D eigenvalue weighted by Gasteiger charge is -2.26. The minimum atomic E-state index is -0.539. The Morgan fingerprint density at radius 1 is 1.32 bits per heavy atom. The van der Waals surface area contributed by atoms with Crippen LogP contribution in [0.15, 0.2) is 18.3 Å². The number of nitrogens with two attached hydrogens (primary N) is 1. The second-order valence-corrected chi connectivity index (χ2v) is 8.71. The van der Waals surface area contributed by atoms with E-state index in [1.165, 1.54) is 0 Å². The number of aromatic amines is 1. The fraction of sp³-hybridized carbons (Fsp3) is 0.409. The first kappa shape index (κ1) is 24.5. The fourth-order valence-electron chi connectivity index (χ4n) is 4.10. The molecule has 0 fully saturated rings. The average Bonchev–Trinajstić information content (AvgIpc) is 3.45. The maximum absolute atomic E-state index is 12.2. The van der Waals surface area contributed by atoms with Crippen LogP contribution in [0.2, 0.25) is 10.0 Å². The van der Waals surface area contributed by atoms with Crippen LogP contribution in [0.1, 0.15) is 11.3 Å². The van der Waals surface area contributed by atoms with Crippen molar-refractivity contribution in [2.24, 2.45) is 5.73 Å². The van der Waals surface area contributed by atoms with E-state index in [0.29, 0.717) is 67.1 Å². The number of H-pyrrole nitrogens is 1. The third kappa shape index (κ3) is 5.06. The SMILES string of the molecule is NCCOCCNC(=O)Cn1ccc(-c2cc(Cl)c(Cl)c3[nH]c4c(c23)CN(C(=O)CO)CC4)n1. The van der Waals surface area contributed by atoms with E-state index >= 15 is 0 Å². The number of halogens is 2. The van der Waals surface area contributed by atoms with Gasteiger partial charge in [0.05, 0.1) is 34.5 Å². The van der Waals surface area contributed by atoms with Crippen LogP contribution in [-0.4, -0.2) is 76.0 Å². The molecule has 182 valence electrons. The maximum atomic E-state index is 12.2. The summed E-state index contributed by atoms with van der Waals surface area (Å²) in [7, 11) is 0. The Morgan fingerprint density at radius 2 is 2.15 bits per heavy atom. The number of amides is 2. The van der Waals surface area contributed by atoms with Crippen molar-refractivity contribution in [3.8, 4) is 11.3 Å². The molecule has 0 saturated heterocycles. The number of aliphatic hydroxyl groups excluding tert-OH is 1. The van der Waals surface area contributed by atoms with E-state index in [0.717, 1.165) is 22.2 Å². The molecule has 5 N–H and O–H groups in total. The number of hydrogen-bond acceptors (Lipinski definition) is 6. The van der Waals surface area contributed by atoms with E-state index < -0.39 is 6.61 Å². The second kappa shape index (κ2) is 10.7. The molecule has 0 bridgehead atoms. The van der Waals surface area contributed by atoms with Crippen molar-refractivity contribution in [2.45, 2.75) is 19.5 Å². The normalized spacial score (nSPS) is 13.4. The highest BCUT2D eigenvalue weighted by Crippen LogP contribution is 2.41. The Hall–Kier alpha value is -2.63. The van der Waals surface area contributed by atoms with E-state index in [1.54, 1.807) is 27.9 Å². The summed E-state index contributed by atoms with van der Waals surface area (Å²) in [6.07, 6.45) is 2.32. The molecular formula is C22H26Cl2N6O4. The summed E-state index contributed by atoms with van der Waals surface area (Å²) in [5, 5.41) is 18.2. The molecule has 1 aliphatic rings. The van der Waals surface area contributed by atoms with Gasteiger partial charge < -0.3 is 30.8 Å². The van der Waals surface area contributed by atoms with Crippen LogP contribution in [0.3, 0.4) is 0 Å². The molecule has 3 aromatic rings. The molecule has 0 radical (unpaired) electrons. The summed E-state index contributed by atoms with van der Waals surface area (Å²) in [5.74, 6) is -0.521. The molecule has 3 heterocycles. The number of aromatic nitrogens is 3. The van der Waals surface area contributed by atoms with E-state index in [1.807, 2.05) is 0 Å². The van der Waals surface area contributed by atoms with E-state index in [2.05, 4.69) is 15.4 Å². The van der Waals surface area contributed by atoms with Gasteiger partial charge in [-0.3, -0.25) is 14.3 Å². The fourth-order valence-corrected chi connectivity index (χ4v) is 4.50. The molecule has 0 aliphatic carbocycles. The molecule has 2 aromatic heterocycles. The van der Waals surface area contributed by atoms with E-state index in [-0.39, 0.29) is 18.4 Å². The third-order valence-corrected chi connectivity index (χ3v) is 6.47. The summed E-state index contributed by atoms with van der Waals surface area (Å²) in [6.45, 7) is 2.02. The number of nitrogens with zero attached hydrogens (tertiary/aromatic N) is 3. The molecule has 1 aromatic carbocycles. The second-order valence-electron chi connectivity index (χ2n) is 7.93. The van der Waals surface area contributed by atoms with Crippen LogP contribution >= 0.6 is 23.2 Å². The van der Waals surface area contributed by atoms with Gasteiger partial charge in [-0.15, -0.1) is 0 Å². The highest BCUT2D eigenvalue weighted by Gasteiger charge is 2.27. The Morgan fingerprint density at radius 3 is 2.91 bits per heavy atom. The minimum Gasteiger partial charge on any atom is -0.387 e. The zero-order chi connectivity index (χ0) is 24.2. The highest BCUT2D eigenvalue weighted by atomic mass is 35.5. The van der Waals surface area contributed by atoms with Crippen molar-refractivity contribution in [1.82, 2.24) is 25.0 Å². The number of hydrogen-bond donors (Lipinski definition) is 4. The predicted molar refractivity (Wildman–Crippen MR) is 129 cm³/mol. The number of fused-ring (bicyclic) bond motifs is 3. The molecule has 4 rings (SSSR count). The van der Waals surface area contributed by atoms with Crippen molar-refractivity contribution < 1.29 is 19.4 Å². The largest absolute Gasteiger partial charge is 0.387 e. The van der Waals surface area contributed by atoms with Gasteiger partial charge in [0.15, 0.2) is 0 Å². The van der Waals surface area contributed by atoms with Crippen LogP contribution in [0.4, 0.5) is 0 Å². The third-order valence-electron chi connectivity index (χ3n) is 5.68. The summed E-state index contributed by atoms with van der Waals surface area (Å²) in [5.41, 5.74) is 9.30. The van der Waals surface area contributed by atoms with Gasteiger partial charge in [-0.25, -0.2) is 0 Å². The number of carbonyl (C=O) groups is 2. The van der Waals surface area contributed by atoms with Crippen LogP contribution in [-0.2, 0) is 33.8 Å². The van der Waals surface area contributed by atoms with Crippen LogP contribution in [0, 0.1) is 0 Å². The molecule has 1 aliphatic heterocycles. The standard InChI is InChI=1S/C22H26Cl2N6O4/c23-15-9-13(17-2-6-30(28-17)11-18(32)26-4-8-34-7-3-25)20-14-10-29(19(33)12-31)5-1-16(14)27-22(20)21(15)24/h2,6,9,27,31H,1,3-5,7-8,10-12,25H2,(H,26,32). The van der Waals surface area contributed by atoms with Crippen LogP contribution in [0.5, 0.6) is 0 Å². The van der Waals surface area contributed by atoms with Gasteiger partial charge in [-0.1, -0.05) is 23.2 Å². The molecule has 0 saturated carbocycles. The number of aliphatic hydroxyl groups is 1. The number of nitrogens with one attached hydrogen (secondary N) is 2. The first-order valence-electron chi connectivity index (χ1n) is 10.9. The van der Waals surface area contributed by atoms with Crippen LogP contribution < -0.4 is 11.1 Å². The molecule has 0 atom stereocenters. The summed E-state index contributed by atoms with van der Waals surface area (Å²) in [6, 6.07) is 3.55. The first-order chi connectivity index (χ1) is 16.4. The maximum Gasteiger partial charge on any atom is 0.248 e. The molecule has 0 spiro atoms. The van der Waals surface area contributed by atoms with Gasteiger partial charge in [0, 0.05) is 61.0 Å². The zero-order valence-electron chi connectivity index (χ0n) is 18.4. The molecule has 34 heavy (non-hydrogen) atoms. The van der Waals surface area contributed by atoms with Crippen molar-refractivity contribution in [1.29, 1.82) is 0 Å². The number of rotatable bonds is 9. The van der Waals surface area contributed by atoms with Crippen molar-refractivity contribution >= 4 is 45.9 Å². The topological polar surface area (TPSA) is 138 Å². The molecule has 0 unspecified atom stereocenters.